The lowest BCUT2D eigenvalue weighted by Crippen LogP contribution is -2.30. The molecule has 214 valence electrons. The highest BCUT2D eigenvalue weighted by atomic mass is 32.2. The molecule has 0 fully saturated rings. The fourth-order valence-electron chi connectivity index (χ4n) is 3.80. The number of thiophene rings is 1. The van der Waals surface area contributed by atoms with Gasteiger partial charge in [-0.05, 0) is 60.5 Å². The zero-order valence-corrected chi connectivity index (χ0v) is 24.2. The molecule has 0 saturated carbocycles. The first kappa shape index (κ1) is 29.6. The predicted molar refractivity (Wildman–Crippen MR) is 165 cm³/mol. The Labute approximate surface area is 243 Å². The average Bonchev–Trinajstić information content (AvgIpc) is 3.49. The maximum atomic E-state index is 12.8. The van der Waals surface area contributed by atoms with Gasteiger partial charge in [-0.25, -0.2) is 18.7 Å². The second-order valence-electron chi connectivity index (χ2n) is 8.87. The summed E-state index contributed by atoms with van der Waals surface area (Å²) in [4.78, 5) is 34.4. The second-order valence-corrected chi connectivity index (χ2v) is 11.8. The molecule has 2 amide bonds. The highest BCUT2D eigenvalue weighted by Crippen LogP contribution is 2.31. The largest absolute Gasteiger partial charge is 0.449 e. The molecule has 0 radical (unpaired) electrons. The van der Waals surface area contributed by atoms with Crippen molar-refractivity contribution in [3.05, 3.63) is 83.9 Å². The Morgan fingerprint density at radius 1 is 1.02 bits per heavy atom. The van der Waals surface area contributed by atoms with Gasteiger partial charge in [0.1, 0.15) is 5.82 Å². The van der Waals surface area contributed by atoms with Crippen LogP contribution in [0.4, 0.5) is 22.2 Å². The average molecular weight is 593 g/mol. The SMILES string of the molecule is C=S(=O)(NC(=O)OCC)c1ccc(Nc2ncc(-c3cccs3)c(NCCCNC(=O)Cc3ccccc3)n2)cc1. The first-order valence-electron chi connectivity index (χ1n) is 13.0. The summed E-state index contributed by atoms with van der Waals surface area (Å²) in [7, 11) is -3.06. The molecule has 0 aliphatic heterocycles. The molecule has 0 bridgehead atoms. The van der Waals surface area contributed by atoms with Gasteiger partial charge in [0.2, 0.25) is 11.9 Å². The maximum Gasteiger partial charge on any atom is 0.418 e. The maximum absolute atomic E-state index is 12.8. The topological polar surface area (TPSA) is 134 Å². The van der Waals surface area contributed by atoms with Crippen LogP contribution in [0, 0.1) is 0 Å². The van der Waals surface area contributed by atoms with Crippen molar-refractivity contribution in [2.45, 2.75) is 24.7 Å². The van der Waals surface area contributed by atoms with Crippen LogP contribution in [0.15, 0.2) is 83.2 Å². The normalized spacial score (nSPS) is 12.1. The predicted octanol–water partition coefficient (Wildman–Crippen LogP) is 4.85. The number of carbonyl (C=O) groups excluding carboxylic acids is 2. The number of benzene rings is 2. The van der Waals surface area contributed by atoms with Gasteiger partial charge >= 0.3 is 6.09 Å². The van der Waals surface area contributed by atoms with Crippen LogP contribution in [-0.2, 0) is 25.7 Å². The van der Waals surface area contributed by atoms with Gasteiger partial charge in [0.05, 0.1) is 28.3 Å². The molecule has 0 saturated heterocycles. The molecule has 4 aromatic rings. The Hall–Kier alpha value is -4.42. The number of nitrogens with one attached hydrogen (secondary N) is 4. The van der Waals surface area contributed by atoms with Gasteiger partial charge in [0, 0.05) is 34.7 Å². The summed E-state index contributed by atoms with van der Waals surface area (Å²) in [5, 5.41) is 11.5. The van der Waals surface area contributed by atoms with E-state index in [-0.39, 0.29) is 12.5 Å². The molecule has 4 N–H and O–H groups in total. The number of aromatic nitrogens is 2. The van der Waals surface area contributed by atoms with Crippen LogP contribution < -0.4 is 20.7 Å². The van der Waals surface area contributed by atoms with Crippen LogP contribution in [0.3, 0.4) is 0 Å². The molecule has 2 heterocycles. The number of rotatable bonds is 13. The van der Waals surface area contributed by atoms with Crippen LogP contribution in [-0.4, -0.2) is 51.7 Å². The van der Waals surface area contributed by atoms with Gasteiger partial charge in [-0.3, -0.25) is 4.79 Å². The smallest absolute Gasteiger partial charge is 0.418 e. The van der Waals surface area contributed by atoms with Gasteiger partial charge in [-0.1, -0.05) is 36.4 Å². The van der Waals surface area contributed by atoms with Crippen molar-refractivity contribution in [3.8, 4) is 10.4 Å². The molecule has 2 aromatic heterocycles. The number of hydrogen-bond donors (Lipinski definition) is 4. The third-order valence-electron chi connectivity index (χ3n) is 5.77. The highest BCUT2D eigenvalue weighted by molar-refractivity contribution is 7.99. The van der Waals surface area contributed by atoms with Gasteiger partial charge in [-0.15, -0.1) is 11.3 Å². The summed E-state index contributed by atoms with van der Waals surface area (Å²) in [5.74, 6) is 4.65. The van der Waals surface area contributed by atoms with Crippen LogP contribution in [0.1, 0.15) is 18.9 Å². The standard InChI is InChI=1S/C29H32N6O4S2/c1-3-39-29(37)35-41(2,38)23-14-12-22(13-15-23)33-28-32-20-24(25-11-7-18-40-25)27(34-28)31-17-8-16-30-26(36)19-21-9-5-4-6-10-21/h4-7,9-15,18,20H,2-3,8,16-17,19H2,1H3,(H,30,36)(H,35,37,38)(H2,31,32,33,34). The van der Waals surface area contributed by atoms with E-state index in [4.69, 9.17) is 4.74 Å². The van der Waals surface area contributed by atoms with E-state index < -0.39 is 15.8 Å². The lowest BCUT2D eigenvalue weighted by atomic mass is 10.1. The summed E-state index contributed by atoms with van der Waals surface area (Å²) in [6.45, 7) is 2.96. The Morgan fingerprint density at radius 2 is 1.80 bits per heavy atom. The van der Waals surface area contributed by atoms with Crippen molar-refractivity contribution < 1.29 is 18.5 Å². The van der Waals surface area contributed by atoms with Crippen LogP contribution >= 0.6 is 11.3 Å². The summed E-state index contributed by atoms with van der Waals surface area (Å²) < 4.78 is 19.9. The lowest BCUT2D eigenvalue weighted by Gasteiger charge is -2.14. The molecule has 41 heavy (non-hydrogen) atoms. The Balaban J connectivity index is 1.37. The fourth-order valence-corrected chi connectivity index (χ4v) is 5.56. The van der Waals surface area contributed by atoms with Crippen molar-refractivity contribution in [1.82, 2.24) is 20.0 Å². The van der Waals surface area contributed by atoms with E-state index in [1.54, 1.807) is 48.7 Å². The van der Waals surface area contributed by atoms with Gasteiger partial charge < -0.3 is 20.7 Å². The number of hydrogen-bond acceptors (Lipinski definition) is 9. The Morgan fingerprint density at radius 3 is 2.51 bits per heavy atom. The summed E-state index contributed by atoms with van der Waals surface area (Å²) in [6, 6.07) is 20.2. The molecule has 1 unspecified atom stereocenters. The molecule has 12 heteroatoms. The van der Waals surface area contributed by atoms with E-state index in [1.165, 1.54) is 0 Å². The quantitative estimate of drug-likeness (QED) is 0.128. The van der Waals surface area contributed by atoms with E-state index >= 15 is 0 Å². The minimum Gasteiger partial charge on any atom is -0.449 e. The van der Waals surface area contributed by atoms with E-state index in [2.05, 4.69) is 36.5 Å². The molecule has 0 aliphatic carbocycles. The van der Waals surface area contributed by atoms with E-state index in [0.717, 1.165) is 16.0 Å². The third-order valence-corrected chi connectivity index (χ3v) is 8.20. The highest BCUT2D eigenvalue weighted by Gasteiger charge is 2.14. The molecular formula is C29H32N6O4S2. The van der Waals surface area contributed by atoms with Crippen molar-refractivity contribution in [2.24, 2.45) is 0 Å². The minimum absolute atomic E-state index is 0.0126. The summed E-state index contributed by atoms with van der Waals surface area (Å²) in [5.41, 5.74) is 2.51. The van der Waals surface area contributed by atoms with Crippen LogP contribution in [0.2, 0.25) is 0 Å². The first-order chi connectivity index (χ1) is 19.8. The molecule has 4 rings (SSSR count). The molecule has 0 spiro atoms. The van der Waals surface area contributed by atoms with Crippen molar-refractivity contribution in [1.29, 1.82) is 0 Å². The van der Waals surface area contributed by atoms with Crippen LogP contribution in [0.25, 0.3) is 10.4 Å². The minimum atomic E-state index is -3.06. The lowest BCUT2D eigenvalue weighted by molar-refractivity contribution is -0.120. The number of amides is 2. The molecule has 1 atom stereocenters. The van der Waals surface area contributed by atoms with Crippen molar-refractivity contribution in [3.63, 3.8) is 0 Å². The van der Waals surface area contributed by atoms with E-state index in [9.17, 15) is 13.8 Å². The third kappa shape index (κ3) is 8.78. The molecule has 0 aliphatic rings. The van der Waals surface area contributed by atoms with Crippen LogP contribution in [0.5, 0.6) is 0 Å². The van der Waals surface area contributed by atoms with Gasteiger partial charge in [-0.2, -0.15) is 4.98 Å². The first-order valence-corrected chi connectivity index (χ1v) is 15.6. The van der Waals surface area contributed by atoms with Gasteiger partial charge in [0.15, 0.2) is 0 Å². The molecule has 2 aromatic carbocycles. The number of carbonyl (C=O) groups is 2. The van der Waals surface area contributed by atoms with E-state index in [0.29, 0.717) is 48.3 Å². The number of nitrogens with zero attached hydrogens (tertiary/aromatic N) is 2. The number of anilines is 3. The Bertz CT molecular complexity index is 1540. The fraction of sp³-hybridized carbons (Fsp3) is 0.207. The van der Waals surface area contributed by atoms with E-state index in [1.807, 2.05) is 47.8 Å². The molecular weight excluding hydrogens is 560 g/mol. The zero-order chi connectivity index (χ0) is 29.1. The Kier molecular flexibility index (Phi) is 10.3. The van der Waals surface area contributed by atoms with Crippen molar-refractivity contribution >= 4 is 56.4 Å². The summed E-state index contributed by atoms with van der Waals surface area (Å²) in [6.07, 6.45) is 2.03. The molecule has 10 nitrogen and oxygen atoms in total. The second kappa shape index (κ2) is 14.3. The van der Waals surface area contributed by atoms with Crippen molar-refractivity contribution in [2.75, 3.05) is 30.3 Å². The summed E-state index contributed by atoms with van der Waals surface area (Å²) >= 11 is 1.59. The monoisotopic (exact) mass is 592 g/mol. The number of ether oxygens (including phenoxy) is 1. The zero-order valence-electron chi connectivity index (χ0n) is 22.6. The van der Waals surface area contributed by atoms with Gasteiger partial charge in [0.25, 0.3) is 0 Å².